The molecule has 0 spiro atoms. The molecule has 0 aliphatic carbocycles. The summed E-state index contributed by atoms with van der Waals surface area (Å²) >= 11 is 0. The quantitative estimate of drug-likeness (QED) is 0.526. The largest absolute Gasteiger partial charge is 0.618 e. The van der Waals surface area contributed by atoms with Crippen LogP contribution in [0.5, 0.6) is 0 Å². The Morgan fingerprint density at radius 2 is 1.55 bits per heavy atom. The van der Waals surface area contributed by atoms with E-state index in [0.717, 1.165) is 26.2 Å². The van der Waals surface area contributed by atoms with Crippen LogP contribution in [0.25, 0.3) is 0 Å². The van der Waals surface area contributed by atoms with Gasteiger partial charge in [-0.25, -0.2) is 0 Å². The second-order valence-corrected chi connectivity index (χ2v) is 5.79. The summed E-state index contributed by atoms with van der Waals surface area (Å²) in [4.78, 5) is 0. The van der Waals surface area contributed by atoms with Gasteiger partial charge in [-0.3, -0.25) is 5.21 Å². The first-order valence-electron chi connectivity index (χ1n) is 7.26. The lowest BCUT2D eigenvalue weighted by Gasteiger charge is -2.17. The van der Waals surface area contributed by atoms with E-state index in [4.69, 9.17) is 0 Å². The zero-order valence-electron chi connectivity index (χ0n) is 12.9. The van der Waals surface area contributed by atoms with E-state index in [-0.39, 0.29) is 0 Å². The van der Waals surface area contributed by atoms with Crippen LogP contribution in [0.3, 0.4) is 0 Å². The molecule has 1 heterocycles. The molecule has 4 nitrogen and oxygen atoms in total. The molecule has 1 N–H and O–H groups in total. The maximum Gasteiger partial charge on any atom is 0.431 e. The third-order valence-corrected chi connectivity index (χ3v) is 4.31. The predicted octanol–water partition coefficient (Wildman–Crippen LogP) is 3.04. The first-order valence-corrected chi connectivity index (χ1v) is 7.26. The highest BCUT2D eigenvalue weighted by Crippen LogP contribution is 2.30. The van der Waals surface area contributed by atoms with Crippen LogP contribution in [-0.4, -0.2) is 26.1 Å². The first kappa shape index (κ1) is 14.3. The Balaban J connectivity index is 2.21. The first-order chi connectivity index (χ1) is 10.5. The van der Waals surface area contributed by atoms with Crippen molar-refractivity contribution in [1.29, 1.82) is 0 Å². The van der Waals surface area contributed by atoms with Crippen LogP contribution < -0.4 is 0 Å². The minimum atomic E-state index is -1.16. The minimum absolute atomic E-state index is 0.497. The number of aryl methyl sites for hydroxylation is 1. The van der Waals surface area contributed by atoms with Gasteiger partial charge in [0.15, 0.2) is 0 Å². The predicted molar refractivity (Wildman–Crippen MR) is 85.4 cm³/mol. The summed E-state index contributed by atoms with van der Waals surface area (Å²) in [5.74, 6) is 0. The van der Waals surface area contributed by atoms with Crippen molar-refractivity contribution in [1.82, 2.24) is 0 Å². The molecule has 0 fully saturated rings. The zero-order chi connectivity index (χ0) is 15.9. The maximum absolute atomic E-state index is 12.8. The van der Waals surface area contributed by atoms with Crippen molar-refractivity contribution in [3.05, 3.63) is 76.5 Å². The van der Waals surface area contributed by atoms with E-state index in [1.807, 2.05) is 61.5 Å². The second-order valence-electron chi connectivity index (χ2n) is 5.79. The van der Waals surface area contributed by atoms with Crippen molar-refractivity contribution in [3.63, 3.8) is 0 Å². The normalized spacial score (nSPS) is 21.6. The van der Waals surface area contributed by atoms with Crippen LogP contribution in [0.15, 0.2) is 54.6 Å². The topological polar surface area (TPSA) is 49.3 Å². The third kappa shape index (κ3) is 1.91. The Morgan fingerprint density at radius 1 is 0.955 bits per heavy atom. The number of rotatable bonds is 2. The van der Waals surface area contributed by atoms with Crippen LogP contribution in [0, 0.1) is 12.1 Å². The van der Waals surface area contributed by atoms with Crippen molar-refractivity contribution in [3.8, 4) is 0 Å². The summed E-state index contributed by atoms with van der Waals surface area (Å²) in [6.07, 6.45) is 0. The molecule has 0 amide bonds. The highest BCUT2D eigenvalue weighted by atomic mass is 16.5. The maximum atomic E-state index is 12.8. The molecule has 4 heteroatoms. The van der Waals surface area contributed by atoms with E-state index in [0.29, 0.717) is 11.4 Å². The molecule has 3 rings (SSSR count). The lowest BCUT2D eigenvalue weighted by atomic mass is 10.0. The fourth-order valence-corrected chi connectivity index (χ4v) is 2.92. The van der Waals surface area contributed by atoms with Gasteiger partial charge in [0.1, 0.15) is 0 Å². The molecule has 0 bridgehead atoms. The lowest BCUT2D eigenvalue weighted by Crippen LogP contribution is -2.40. The fourth-order valence-electron chi connectivity index (χ4n) is 2.92. The third-order valence-electron chi connectivity index (χ3n) is 4.31. The Hall–Kier alpha value is -2.62. The van der Waals surface area contributed by atoms with Gasteiger partial charge in [0.2, 0.25) is 0 Å². The minimum Gasteiger partial charge on any atom is -0.618 e. The molecule has 2 aromatic carbocycles. The molecule has 112 valence electrons. The molecule has 1 aliphatic heterocycles. The molecule has 22 heavy (non-hydrogen) atoms. The Labute approximate surface area is 129 Å². The van der Waals surface area contributed by atoms with Gasteiger partial charge < -0.3 is 5.21 Å². The van der Waals surface area contributed by atoms with Gasteiger partial charge in [-0.15, -0.1) is 4.74 Å². The van der Waals surface area contributed by atoms with Gasteiger partial charge in [-0.05, 0) is 31.2 Å². The average molecular weight is 295 g/mol. The number of hydroxylamine groups is 2. The second kappa shape index (κ2) is 4.98. The zero-order valence-corrected chi connectivity index (χ0v) is 12.9. The van der Waals surface area contributed by atoms with Crippen LogP contribution in [0.1, 0.15) is 30.5 Å². The fraction of sp³-hybridized carbons (Fsp3) is 0.222. The summed E-state index contributed by atoms with van der Waals surface area (Å²) in [6.45, 7) is 5.45. The van der Waals surface area contributed by atoms with Crippen LogP contribution in [0.4, 0.5) is 0 Å². The molecule has 0 radical (unpaired) electrons. The highest BCUT2D eigenvalue weighted by molar-refractivity contribution is 6.44. The van der Waals surface area contributed by atoms with E-state index in [1.165, 1.54) is 0 Å². The molecule has 0 saturated heterocycles. The molecule has 0 unspecified atom stereocenters. The van der Waals surface area contributed by atoms with Crippen molar-refractivity contribution in [2.75, 3.05) is 0 Å². The molecule has 1 aliphatic rings. The molecule has 0 aromatic heterocycles. The van der Waals surface area contributed by atoms with Crippen molar-refractivity contribution in [2.45, 2.75) is 26.4 Å². The monoisotopic (exact) mass is 295 g/mol. The van der Waals surface area contributed by atoms with Gasteiger partial charge in [0.25, 0.3) is 5.71 Å². The molecule has 1 atom stereocenters. The summed E-state index contributed by atoms with van der Waals surface area (Å²) in [7, 11) is 0. The van der Waals surface area contributed by atoms with Gasteiger partial charge in [0.05, 0.1) is 22.8 Å². The Morgan fingerprint density at radius 3 is 2.14 bits per heavy atom. The number of hydrogen-bond acceptors (Lipinski definition) is 2. The van der Waals surface area contributed by atoms with Crippen LogP contribution in [0.2, 0.25) is 0 Å². The number of nitrogens with zero attached hydrogens (tertiary/aromatic N) is 2. The van der Waals surface area contributed by atoms with E-state index in [1.54, 1.807) is 13.8 Å². The Bertz CT molecular complexity index is 776. The lowest BCUT2D eigenvalue weighted by molar-refractivity contribution is -0.929. The highest BCUT2D eigenvalue weighted by Gasteiger charge is 2.58. The summed E-state index contributed by atoms with van der Waals surface area (Å²) in [5.41, 5.74) is 2.55. The van der Waals surface area contributed by atoms with Crippen molar-refractivity contribution in [2.24, 2.45) is 0 Å². The molecular formula is C18H19N2O2+. The van der Waals surface area contributed by atoms with E-state index >= 15 is 0 Å². The average Bonchev–Trinajstić information content (AvgIpc) is 2.71. The SMILES string of the molecule is CC1=[N+]([O-])[C@@](C)(c2ccc(C)cc2)[N+](O)=C1c1ccccc1. The molecule has 0 saturated carbocycles. The van der Waals surface area contributed by atoms with E-state index in [9.17, 15) is 10.4 Å². The van der Waals surface area contributed by atoms with Crippen molar-refractivity contribution < 1.29 is 14.7 Å². The molecular weight excluding hydrogens is 276 g/mol. The Kier molecular flexibility index (Phi) is 3.24. The van der Waals surface area contributed by atoms with E-state index in [2.05, 4.69) is 0 Å². The van der Waals surface area contributed by atoms with Crippen molar-refractivity contribution >= 4 is 11.4 Å². The standard InChI is InChI=1S/C18H19N2O2/c1-13-9-11-16(12-10-13)18(3)19(21)14(2)17(20(18)22)15-7-5-4-6-8-15/h4-12,22H,1-3H3/q+1/t18-/m1/s1. The van der Waals surface area contributed by atoms with Gasteiger partial charge in [-0.1, -0.05) is 35.9 Å². The van der Waals surface area contributed by atoms with Gasteiger partial charge in [0, 0.05) is 6.92 Å². The van der Waals surface area contributed by atoms with E-state index < -0.39 is 5.66 Å². The van der Waals surface area contributed by atoms with Gasteiger partial charge >= 0.3 is 11.4 Å². The summed E-state index contributed by atoms with van der Waals surface area (Å²) < 4.78 is 1.95. The van der Waals surface area contributed by atoms with Crippen LogP contribution in [-0.2, 0) is 5.66 Å². The smallest absolute Gasteiger partial charge is 0.431 e. The van der Waals surface area contributed by atoms with Gasteiger partial charge in [-0.2, -0.15) is 0 Å². The number of hydrogen-bond donors (Lipinski definition) is 1. The molecule has 2 aromatic rings. The summed E-state index contributed by atoms with van der Waals surface area (Å²) in [5, 5.41) is 23.5. The number of benzene rings is 2. The van der Waals surface area contributed by atoms with Crippen LogP contribution >= 0.6 is 0 Å². The summed E-state index contributed by atoms with van der Waals surface area (Å²) in [6, 6.07) is 17.1.